The summed E-state index contributed by atoms with van der Waals surface area (Å²) in [5.41, 5.74) is 6.05. The van der Waals surface area contributed by atoms with Gasteiger partial charge in [0.1, 0.15) is 0 Å². The van der Waals surface area contributed by atoms with Crippen molar-refractivity contribution in [1.82, 2.24) is 4.90 Å². The van der Waals surface area contributed by atoms with Crippen LogP contribution in [0.5, 0.6) is 0 Å². The summed E-state index contributed by atoms with van der Waals surface area (Å²) >= 11 is 7.47. The number of piperidine rings is 1. The maximum atomic E-state index is 12.7. The van der Waals surface area contributed by atoms with Gasteiger partial charge in [-0.3, -0.25) is 4.79 Å². The minimum atomic E-state index is -0.106. The molecular formula is C16H23ClN2OS. The van der Waals surface area contributed by atoms with Crippen LogP contribution in [0.2, 0.25) is 5.02 Å². The predicted octanol–water partition coefficient (Wildman–Crippen LogP) is 3.55. The Morgan fingerprint density at radius 3 is 2.62 bits per heavy atom. The van der Waals surface area contributed by atoms with Crippen molar-refractivity contribution >= 4 is 29.3 Å². The second kappa shape index (κ2) is 7.52. The number of hydrogen-bond acceptors (Lipinski definition) is 3. The van der Waals surface area contributed by atoms with Crippen LogP contribution in [0.25, 0.3) is 0 Å². The third kappa shape index (κ3) is 4.38. The summed E-state index contributed by atoms with van der Waals surface area (Å²) in [6.07, 6.45) is 3.25. The number of benzene rings is 1. The van der Waals surface area contributed by atoms with Crippen molar-refractivity contribution in [3.05, 3.63) is 29.3 Å². The second-order valence-corrected chi connectivity index (χ2v) is 7.52. The number of likely N-dealkylation sites (tertiary alicyclic amines) is 1. The molecule has 1 amide bonds. The Morgan fingerprint density at radius 1 is 1.33 bits per heavy atom. The number of thioether (sulfide) groups is 1. The molecule has 3 nitrogen and oxygen atoms in total. The molecule has 1 fully saturated rings. The molecular weight excluding hydrogens is 304 g/mol. The zero-order chi connectivity index (χ0) is 15.4. The number of hydrogen-bond donors (Lipinski definition) is 1. The van der Waals surface area contributed by atoms with Gasteiger partial charge in [0.25, 0.3) is 0 Å². The fourth-order valence-corrected chi connectivity index (χ4v) is 3.84. The minimum absolute atomic E-state index is 0.0296. The van der Waals surface area contributed by atoms with E-state index in [-0.39, 0.29) is 23.2 Å². The molecule has 1 aromatic carbocycles. The molecule has 0 spiro atoms. The Morgan fingerprint density at radius 2 is 2.00 bits per heavy atom. The Hall–Kier alpha value is -0.710. The zero-order valence-electron chi connectivity index (χ0n) is 12.6. The van der Waals surface area contributed by atoms with E-state index in [4.69, 9.17) is 17.3 Å². The molecule has 1 aromatic rings. The first-order valence-electron chi connectivity index (χ1n) is 7.47. The monoisotopic (exact) mass is 326 g/mol. The topological polar surface area (TPSA) is 46.3 Å². The van der Waals surface area contributed by atoms with Gasteiger partial charge in [0.15, 0.2) is 0 Å². The van der Waals surface area contributed by atoms with E-state index in [0.29, 0.717) is 5.02 Å². The SMILES string of the molecule is CC(Sc1ccc(Cl)cc1)C(=O)N1CCCCC1C(C)N. The molecule has 1 aliphatic rings. The van der Waals surface area contributed by atoms with Gasteiger partial charge in [0, 0.05) is 28.5 Å². The van der Waals surface area contributed by atoms with Crippen LogP contribution in [0, 0.1) is 0 Å². The summed E-state index contributed by atoms with van der Waals surface area (Å²) < 4.78 is 0. The minimum Gasteiger partial charge on any atom is -0.337 e. The fourth-order valence-electron chi connectivity index (χ4n) is 2.78. The smallest absolute Gasteiger partial charge is 0.236 e. The highest BCUT2D eigenvalue weighted by molar-refractivity contribution is 8.00. The summed E-state index contributed by atoms with van der Waals surface area (Å²) in [6.45, 7) is 4.79. The van der Waals surface area contributed by atoms with Gasteiger partial charge >= 0.3 is 0 Å². The van der Waals surface area contributed by atoms with Crippen molar-refractivity contribution in [2.75, 3.05) is 6.54 Å². The lowest BCUT2D eigenvalue weighted by atomic mass is 9.96. The Kier molecular flexibility index (Phi) is 5.97. The molecule has 116 valence electrons. The van der Waals surface area contributed by atoms with Crippen molar-refractivity contribution in [3.8, 4) is 0 Å². The normalized spacial score (nSPS) is 21.9. The maximum Gasteiger partial charge on any atom is 0.236 e. The first kappa shape index (κ1) is 16.7. The Balaban J connectivity index is 2.02. The number of halogens is 1. The van der Waals surface area contributed by atoms with Gasteiger partial charge in [0.2, 0.25) is 5.91 Å². The molecule has 1 aliphatic heterocycles. The van der Waals surface area contributed by atoms with Crippen molar-refractivity contribution in [2.24, 2.45) is 5.73 Å². The molecule has 3 atom stereocenters. The Bertz CT molecular complexity index is 478. The number of nitrogens with zero attached hydrogens (tertiary/aromatic N) is 1. The van der Waals surface area contributed by atoms with Crippen LogP contribution in [0.1, 0.15) is 33.1 Å². The van der Waals surface area contributed by atoms with Crippen molar-refractivity contribution < 1.29 is 4.79 Å². The van der Waals surface area contributed by atoms with Crippen LogP contribution < -0.4 is 5.73 Å². The van der Waals surface area contributed by atoms with Crippen LogP contribution in [0.15, 0.2) is 29.2 Å². The number of nitrogens with two attached hydrogens (primary N) is 1. The van der Waals surface area contributed by atoms with E-state index >= 15 is 0 Å². The third-order valence-corrected chi connectivity index (χ3v) is 5.26. The van der Waals surface area contributed by atoms with E-state index in [1.807, 2.05) is 43.0 Å². The highest BCUT2D eigenvalue weighted by Gasteiger charge is 2.31. The molecule has 0 radical (unpaired) electrons. The molecule has 0 aromatic heterocycles. The van der Waals surface area contributed by atoms with Gasteiger partial charge in [-0.2, -0.15) is 0 Å². The molecule has 21 heavy (non-hydrogen) atoms. The van der Waals surface area contributed by atoms with Gasteiger partial charge in [-0.15, -0.1) is 11.8 Å². The second-order valence-electron chi connectivity index (χ2n) is 5.67. The van der Waals surface area contributed by atoms with E-state index in [0.717, 1.165) is 30.7 Å². The first-order chi connectivity index (χ1) is 9.99. The van der Waals surface area contributed by atoms with Crippen LogP contribution in [-0.4, -0.2) is 34.7 Å². The molecule has 5 heteroatoms. The number of rotatable bonds is 4. The quantitative estimate of drug-likeness (QED) is 0.861. The lowest BCUT2D eigenvalue weighted by molar-refractivity contribution is -0.134. The van der Waals surface area contributed by atoms with Crippen molar-refractivity contribution in [3.63, 3.8) is 0 Å². The lowest BCUT2D eigenvalue weighted by Crippen LogP contribution is -2.53. The molecule has 1 saturated heterocycles. The van der Waals surface area contributed by atoms with Crippen LogP contribution in [0.4, 0.5) is 0 Å². The molecule has 0 bridgehead atoms. The largest absolute Gasteiger partial charge is 0.337 e. The molecule has 1 heterocycles. The highest BCUT2D eigenvalue weighted by Crippen LogP contribution is 2.28. The lowest BCUT2D eigenvalue weighted by Gasteiger charge is -2.39. The molecule has 2 N–H and O–H groups in total. The molecule has 2 rings (SSSR count). The zero-order valence-corrected chi connectivity index (χ0v) is 14.2. The van der Waals surface area contributed by atoms with Crippen molar-refractivity contribution in [1.29, 1.82) is 0 Å². The number of carbonyl (C=O) groups excluding carboxylic acids is 1. The van der Waals surface area contributed by atoms with E-state index < -0.39 is 0 Å². The van der Waals surface area contributed by atoms with Gasteiger partial charge in [-0.1, -0.05) is 11.6 Å². The van der Waals surface area contributed by atoms with E-state index in [1.165, 1.54) is 0 Å². The van der Waals surface area contributed by atoms with Crippen LogP contribution in [0.3, 0.4) is 0 Å². The standard InChI is InChI=1S/C16H23ClN2OS/c1-11(18)15-5-3-4-10-19(15)16(20)12(2)21-14-8-6-13(17)7-9-14/h6-9,11-12,15H,3-5,10,18H2,1-2H3. The third-order valence-electron chi connectivity index (χ3n) is 3.91. The van der Waals surface area contributed by atoms with Crippen LogP contribution >= 0.6 is 23.4 Å². The van der Waals surface area contributed by atoms with Crippen LogP contribution in [-0.2, 0) is 4.79 Å². The summed E-state index contributed by atoms with van der Waals surface area (Å²) in [5, 5.41) is 0.608. The average molecular weight is 327 g/mol. The molecule has 3 unspecified atom stereocenters. The first-order valence-corrected chi connectivity index (χ1v) is 8.73. The fraction of sp³-hybridized carbons (Fsp3) is 0.562. The van der Waals surface area contributed by atoms with Gasteiger partial charge in [-0.05, 0) is 57.4 Å². The maximum absolute atomic E-state index is 12.7. The van der Waals surface area contributed by atoms with E-state index in [1.54, 1.807) is 11.8 Å². The predicted molar refractivity (Wildman–Crippen MR) is 89.8 cm³/mol. The Labute approximate surface area is 136 Å². The van der Waals surface area contributed by atoms with Gasteiger partial charge in [0.05, 0.1) is 5.25 Å². The highest BCUT2D eigenvalue weighted by atomic mass is 35.5. The van der Waals surface area contributed by atoms with Gasteiger partial charge < -0.3 is 10.6 Å². The average Bonchev–Trinajstić information content (AvgIpc) is 2.48. The van der Waals surface area contributed by atoms with Gasteiger partial charge in [-0.25, -0.2) is 0 Å². The summed E-state index contributed by atoms with van der Waals surface area (Å²) in [7, 11) is 0. The van der Waals surface area contributed by atoms with E-state index in [2.05, 4.69) is 0 Å². The molecule has 0 saturated carbocycles. The summed E-state index contributed by atoms with van der Waals surface area (Å²) in [5.74, 6) is 0.192. The molecule has 0 aliphatic carbocycles. The number of carbonyl (C=O) groups is 1. The summed E-state index contributed by atoms with van der Waals surface area (Å²) in [4.78, 5) is 15.8. The summed E-state index contributed by atoms with van der Waals surface area (Å²) in [6, 6.07) is 7.83. The number of amides is 1. The van der Waals surface area contributed by atoms with E-state index in [9.17, 15) is 4.79 Å². The van der Waals surface area contributed by atoms with Crippen molar-refractivity contribution in [2.45, 2.75) is 55.3 Å².